The zero-order valence-corrected chi connectivity index (χ0v) is 31.3. The minimum Gasteiger partial charge on any atom is -0.166 e. The Labute approximate surface area is 330 Å². The van der Waals surface area contributed by atoms with Crippen molar-refractivity contribution in [2.45, 2.75) is 6.18 Å². The van der Waals surface area contributed by atoms with Gasteiger partial charge in [-0.25, -0.2) is 0 Å². The zero-order valence-electron chi connectivity index (χ0n) is 30.4. The molecule has 4 heteroatoms. The summed E-state index contributed by atoms with van der Waals surface area (Å²) in [5.41, 5.74) is 8.18. The Morgan fingerprint density at radius 1 is 0.316 bits per heavy atom. The Balaban J connectivity index is 1.14. The Hall–Kier alpha value is -6.75. The molecule has 0 aliphatic heterocycles. The fourth-order valence-corrected chi connectivity index (χ4v) is 10.3. The van der Waals surface area contributed by atoms with Crippen LogP contribution in [0.1, 0.15) is 5.56 Å². The van der Waals surface area contributed by atoms with E-state index in [2.05, 4.69) is 140 Å². The highest BCUT2D eigenvalue weighted by Crippen LogP contribution is 2.49. The van der Waals surface area contributed by atoms with Crippen LogP contribution >= 0.6 is 11.3 Å². The molecule has 11 rings (SSSR count). The van der Waals surface area contributed by atoms with E-state index in [-0.39, 0.29) is 0 Å². The predicted octanol–water partition coefficient (Wildman–Crippen LogP) is 16.4. The first-order valence-corrected chi connectivity index (χ1v) is 19.8. The molecule has 0 aliphatic rings. The van der Waals surface area contributed by atoms with Crippen molar-refractivity contribution in [2.75, 3.05) is 0 Å². The Kier molecular flexibility index (Phi) is 7.60. The molecule has 0 spiro atoms. The standard InChI is InChI=1S/C53H31F3S/c54-53(55,56)35-28-25-33(26-29-35)49-37-15-4-6-17-39(37)50(40-18-7-5-16-38(40)49)34-27-30-36-45-23-12-24-46(52(45)57-47(36)31-34)51-43-21-10-8-19-41(43)48(32-13-2-1-3-14-32)42-20-9-11-22-44(42)51/h1-31H. The molecule has 11 aromatic rings. The smallest absolute Gasteiger partial charge is 0.166 e. The van der Waals surface area contributed by atoms with Crippen molar-refractivity contribution < 1.29 is 13.2 Å². The molecule has 0 saturated carbocycles. The minimum absolute atomic E-state index is 0.651. The SMILES string of the molecule is FC(F)(F)c1ccc(-c2c3ccccc3c(-c3ccc4c(c3)sc3c(-c5c6ccccc6c(-c6ccccc6)c6ccccc56)cccc34)c3ccccc23)cc1. The van der Waals surface area contributed by atoms with E-state index < -0.39 is 11.7 Å². The molecule has 1 aromatic heterocycles. The Bertz CT molecular complexity index is 3260. The summed E-state index contributed by atoms with van der Waals surface area (Å²) in [6.45, 7) is 0. The molecular formula is C53H31F3S. The third-order valence-corrected chi connectivity index (χ3v) is 12.7. The van der Waals surface area contributed by atoms with Crippen LogP contribution in [0.4, 0.5) is 13.2 Å². The number of hydrogen-bond acceptors (Lipinski definition) is 1. The summed E-state index contributed by atoms with van der Waals surface area (Å²) >= 11 is 1.83. The van der Waals surface area contributed by atoms with Gasteiger partial charge >= 0.3 is 6.18 Å². The monoisotopic (exact) mass is 756 g/mol. The first-order valence-electron chi connectivity index (χ1n) is 19.0. The molecule has 10 aromatic carbocycles. The quantitative estimate of drug-likeness (QED) is 0.157. The van der Waals surface area contributed by atoms with Crippen molar-refractivity contribution in [1.82, 2.24) is 0 Å². The van der Waals surface area contributed by atoms with Gasteiger partial charge in [0.1, 0.15) is 0 Å². The van der Waals surface area contributed by atoms with Crippen molar-refractivity contribution in [1.29, 1.82) is 0 Å². The van der Waals surface area contributed by atoms with E-state index in [9.17, 15) is 13.2 Å². The third kappa shape index (κ3) is 5.28. The summed E-state index contributed by atoms with van der Waals surface area (Å²) in [4.78, 5) is 0. The lowest BCUT2D eigenvalue weighted by molar-refractivity contribution is -0.137. The van der Waals surface area contributed by atoms with Gasteiger partial charge in [0, 0.05) is 25.7 Å². The van der Waals surface area contributed by atoms with Crippen LogP contribution in [0, 0.1) is 0 Å². The number of halogens is 3. The Morgan fingerprint density at radius 3 is 1.21 bits per heavy atom. The fraction of sp³-hybridized carbons (Fsp3) is 0.0189. The lowest BCUT2D eigenvalue weighted by Gasteiger charge is -2.18. The van der Waals surface area contributed by atoms with Gasteiger partial charge < -0.3 is 0 Å². The predicted molar refractivity (Wildman–Crippen MR) is 236 cm³/mol. The van der Waals surface area contributed by atoms with Crippen LogP contribution in [0.5, 0.6) is 0 Å². The van der Waals surface area contributed by atoms with Gasteiger partial charge in [-0.05, 0) is 100 Å². The van der Waals surface area contributed by atoms with Crippen LogP contribution in [0.15, 0.2) is 188 Å². The molecule has 0 unspecified atom stereocenters. The molecule has 0 aliphatic carbocycles. The first kappa shape index (κ1) is 33.6. The van der Waals surface area contributed by atoms with E-state index in [0.717, 1.165) is 43.8 Å². The van der Waals surface area contributed by atoms with Crippen LogP contribution in [-0.2, 0) is 6.18 Å². The number of fused-ring (bicyclic) bond motifs is 7. The first-order chi connectivity index (χ1) is 27.9. The number of alkyl halides is 3. The molecule has 1 heterocycles. The maximum Gasteiger partial charge on any atom is 0.416 e. The molecule has 0 N–H and O–H groups in total. The second kappa shape index (κ2) is 12.9. The molecule has 0 fully saturated rings. The second-order valence-corrected chi connectivity index (χ2v) is 15.7. The highest BCUT2D eigenvalue weighted by Gasteiger charge is 2.30. The molecule has 57 heavy (non-hydrogen) atoms. The topological polar surface area (TPSA) is 0 Å². The summed E-state index contributed by atoms with van der Waals surface area (Å²) < 4.78 is 43.1. The minimum atomic E-state index is -4.40. The number of benzene rings is 10. The average molecular weight is 757 g/mol. The van der Waals surface area contributed by atoms with Gasteiger partial charge in [-0.15, -0.1) is 11.3 Å². The van der Waals surface area contributed by atoms with Crippen LogP contribution in [-0.4, -0.2) is 0 Å². The van der Waals surface area contributed by atoms with Crippen LogP contribution in [0.25, 0.3) is 108 Å². The average Bonchev–Trinajstić information content (AvgIpc) is 3.63. The lowest BCUT2D eigenvalue weighted by atomic mass is 9.85. The van der Waals surface area contributed by atoms with Gasteiger partial charge in [0.25, 0.3) is 0 Å². The molecule has 0 nitrogen and oxygen atoms in total. The summed E-state index contributed by atoms with van der Waals surface area (Å²) in [7, 11) is 0. The van der Waals surface area contributed by atoms with Crippen LogP contribution in [0.2, 0.25) is 0 Å². The van der Waals surface area contributed by atoms with Crippen LogP contribution < -0.4 is 0 Å². The number of thiophene rings is 1. The van der Waals surface area contributed by atoms with Crippen molar-refractivity contribution in [3.63, 3.8) is 0 Å². The third-order valence-electron chi connectivity index (χ3n) is 11.5. The van der Waals surface area contributed by atoms with Gasteiger partial charge in [-0.1, -0.05) is 170 Å². The number of hydrogen-bond donors (Lipinski definition) is 0. The molecule has 0 bridgehead atoms. The molecule has 0 radical (unpaired) electrons. The summed E-state index contributed by atoms with van der Waals surface area (Å²) in [5, 5.41) is 11.5. The van der Waals surface area contributed by atoms with Gasteiger partial charge in [-0.3, -0.25) is 0 Å². The van der Waals surface area contributed by atoms with E-state index in [0.29, 0.717) is 0 Å². The van der Waals surface area contributed by atoms with Crippen molar-refractivity contribution in [2.24, 2.45) is 0 Å². The largest absolute Gasteiger partial charge is 0.416 e. The summed E-state index contributed by atoms with van der Waals surface area (Å²) in [6, 6.07) is 63.9. The van der Waals surface area contributed by atoms with E-state index in [1.807, 2.05) is 35.6 Å². The van der Waals surface area contributed by atoms with Gasteiger partial charge in [0.05, 0.1) is 5.56 Å². The van der Waals surface area contributed by atoms with E-state index >= 15 is 0 Å². The van der Waals surface area contributed by atoms with E-state index in [4.69, 9.17) is 0 Å². The normalized spacial score (nSPS) is 12.1. The van der Waals surface area contributed by atoms with E-state index in [1.165, 1.54) is 76.1 Å². The summed E-state index contributed by atoms with van der Waals surface area (Å²) in [5.74, 6) is 0. The van der Waals surface area contributed by atoms with Gasteiger partial charge in [0.15, 0.2) is 0 Å². The lowest BCUT2D eigenvalue weighted by Crippen LogP contribution is -2.04. The molecule has 0 saturated heterocycles. The van der Waals surface area contributed by atoms with Crippen LogP contribution in [0.3, 0.4) is 0 Å². The number of rotatable bonds is 4. The van der Waals surface area contributed by atoms with Gasteiger partial charge in [0.2, 0.25) is 0 Å². The van der Waals surface area contributed by atoms with E-state index in [1.54, 1.807) is 12.1 Å². The highest BCUT2D eigenvalue weighted by molar-refractivity contribution is 7.26. The van der Waals surface area contributed by atoms with Crippen molar-refractivity contribution in [3.05, 3.63) is 194 Å². The Morgan fingerprint density at radius 2 is 0.719 bits per heavy atom. The highest BCUT2D eigenvalue weighted by atomic mass is 32.1. The summed E-state index contributed by atoms with van der Waals surface area (Å²) in [6.07, 6.45) is -4.40. The van der Waals surface area contributed by atoms with Gasteiger partial charge in [-0.2, -0.15) is 13.2 Å². The second-order valence-electron chi connectivity index (χ2n) is 14.6. The maximum atomic E-state index is 13.6. The molecule has 270 valence electrons. The maximum absolute atomic E-state index is 13.6. The van der Waals surface area contributed by atoms with Crippen molar-refractivity contribution in [3.8, 4) is 44.5 Å². The zero-order chi connectivity index (χ0) is 38.3. The molecule has 0 amide bonds. The fourth-order valence-electron chi connectivity index (χ4n) is 9.06. The molecule has 0 atom stereocenters. The van der Waals surface area contributed by atoms with Crippen molar-refractivity contribution >= 4 is 74.6 Å². The molecular weight excluding hydrogens is 726 g/mol.